The summed E-state index contributed by atoms with van der Waals surface area (Å²) in [4.78, 5) is 21.1. The molecule has 2 N–H and O–H groups in total. The molecule has 3 aromatic rings. The fourth-order valence-electron chi connectivity index (χ4n) is 5.03. The summed E-state index contributed by atoms with van der Waals surface area (Å²) in [5.41, 5.74) is 2.44. The average molecular weight is 636 g/mol. The second kappa shape index (κ2) is 13.2. The van der Waals surface area contributed by atoms with Gasteiger partial charge in [0.25, 0.3) is 5.91 Å². The summed E-state index contributed by atoms with van der Waals surface area (Å²) in [5.74, 6) is -0.106. The molecule has 3 aromatic carbocycles. The highest BCUT2D eigenvalue weighted by Gasteiger charge is 2.42. The molecule has 0 aliphatic carbocycles. The number of halogens is 4. The highest BCUT2D eigenvalue weighted by Crippen LogP contribution is 2.45. The van der Waals surface area contributed by atoms with Crippen LogP contribution in [0.5, 0.6) is 17.2 Å². The van der Waals surface area contributed by atoms with E-state index in [1.807, 2.05) is 13.8 Å². The molecule has 9 nitrogen and oxygen atoms in total. The zero-order chi connectivity index (χ0) is 32.2. The molecule has 1 aliphatic heterocycles. The first-order valence-corrected chi connectivity index (χ1v) is 13.9. The predicted molar refractivity (Wildman–Crippen MR) is 161 cm³/mol. The summed E-state index contributed by atoms with van der Waals surface area (Å²) in [6.07, 6.45) is -4.90. The second-order valence-electron chi connectivity index (χ2n) is 10.7. The first-order chi connectivity index (χ1) is 20.8. The van der Waals surface area contributed by atoms with Crippen LogP contribution in [-0.2, 0) is 15.0 Å². The van der Waals surface area contributed by atoms with E-state index in [4.69, 9.17) is 31.0 Å². The molecule has 44 heavy (non-hydrogen) atoms. The van der Waals surface area contributed by atoms with Crippen molar-refractivity contribution in [2.45, 2.75) is 38.6 Å². The van der Waals surface area contributed by atoms with Crippen LogP contribution in [0.3, 0.4) is 0 Å². The monoisotopic (exact) mass is 635 g/mol. The molecule has 1 amide bonds. The standard InChI is InChI=1S/C31H33ClF3N3O6/c1-18(37-43-11-10-39)19-12-21(15-23(13-19)41-4)36-28(24-8-6-20(32)14-27(24)42-5)29(40)38-17-30(2,3)25-9-7-22(16-26(25)38)44-31(33,34)35/h6-9,12-16,28,36,39H,10-11,17H2,1-5H3. The number of amides is 1. The van der Waals surface area contributed by atoms with E-state index in [2.05, 4.69) is 15.2 Å². The maximum absolute atomic E-state index is 14.5. The summed E-state index contributed by atoms with van der Waals surface area (Å²) in [6, 6.07) is 12.9. The molecule has 13 heteroatoms. The second-order valence-corrected chi connectivity index (χ2v) is 11.1. The van der Waals surface area contributed by atoms with Gasteiger partial charge in [0.2, 0.25) is 0 Å². The third-order valence-corrected chi connectivity index (χ3v) is 7.29. The van der Waals surface area contributed by atoms with Crippen LogP contribution < -0.4 is 24.4 Å². The molecule has 0 saturated carbocycles. The van der Waals surface area contributed by atoms with E-state index in [1.165, 1.54) is 31.3 Å². The molecule has 0 aromatic heterocycles. The summed E-state index contributed by atoms with van der Waals surface area (Å²) >= 11 is 6.23. The lowest BCUT2D eigenvalue weighted by atomic mass is 9.87. The molecule has 0 radical (unpaired) electrons. The summed E-state index contributed by atoms with van der Waals surface area (Å²) in [6.45, 7) is 5.54. The SMILES string of the molecule is COc1cc(NC(C(=O)N2CC(C)(C)c3ccc(OC(F)(F)F)cc32)c2ccc(Cl)cc2OC)cc(C(C)=NOCCO)c1. The van der Waals surface area contributed by atoms with Gasteiger partial charge in [0, 0.05) is 45.9 Å². The van der Waals surface area contributed by atoms with Gasteiger partial charge in [-0.2, -0.15) is 0 Å². The van der Waals surface area contributed by atoms with Crippen LogP contribution in [0.25, 0.3) is 0 Å². The van der Waals surface area contributed by atoms with Crippen molar-refractivity contribution < 1.29 is 42.1 Å². The largest absolute Gasteiger partial charge is 0.573 e. The number of methoxy groups -OCH3 is 2. The van der Waals surface area contributed by atoms with E-state index in [9.17, 15) is 18.0 Å². The smallest absolute Gasteiger partial charge is 0.497 e. The highest BCUT2D eigenvalue weighted by atomic mass is 35.5. The van der Waals surface area contributed by atoms with Crippen molar-refractivity contribution in [3.63, 3.8) is 0 Å². The van der Waals surface area contributed by atoms with Crippen LogP contribution in [0.15, 0.2) is 59.8 Å². The molecule has 0 fully saturated rings. The Morgan fingerprint density at radius 2 is 1.84 bits per heavy atom. The van der Waals surface area contributed by atoms with Crippen LogP contribution in [-0.4, -0.2) is 57.1 Å². The number of carbonyl (C=O) groups is 1. The Kier molecular flexibility index (Phi) is 9.85. The minimum Gasteiger partial charge on any atom is -0.497 e. The molecule has 1 unspecified atom stereocenters. The van der Waals surface area contributed by atoms with Gasteiger partial charge >= 0.3 is 6.36 Å². The topological polar surface area (TPSA) is 102 Å². The molecular formula is C31H33ClF3N3O6. The van der Waals surface area contributed by atoms with Crippen molar-refractivity contribution in [1.29, 1.82) is 0 Å². The van der Waals surface area contributed by atoms with Gasteiger partial charge in [-0.25, -0.2) is 0 Å². The van der Waals surface area contributed by atoms with E-state index < -0.39 is 29.5 Å². The lowest BCUT2D eigenvalue weighted by molar-refractivity contribution is -0.274. The minimum absolute atomic E-state index is 0.0166. The van der Waals surface area contributed by atoms with E-state index >= 15 is 0 Å². The number of aliphatic hydroxyl groups excluding tert-OH is 1. The predicted octanol–water partition coefficient (Wildman–Crippen LogP) is 6.47. The number of ether oxygens (including phenoxy) is 3. The lowest BCUT2D eigenvalue weighted by Gasteiger charge is -2.28. The number of hydrogen-bond donors (Lipinski definition) is 2. The van der Waals surface area contributed by atoms with Gasteiger partial charge in [-0.3, -0.25) is 4.79 Å². The Balaban J connectivity index is 1.81. The van der Waals surface area contributed by atoms with Gasteiger partial charge in [-0.1, -0.05) is 42.7 Å². The Bertz CT molecular complexity index is 1550. The van der Waals surface area contributed by atoms with E-state index in [0.29, 0.717) is 50.3 Å². The fourth-order valence-corrected chi connectivity index (χ4v) is 5.19. The molecule has 0 bridgehead atoms. The number of anilines is 2. The molecule has 1 heterocycles. The van der Waals surface area contributed by atoms with Gasteiger partial charge in [0.15, 0.2) is 0 Å². The maximum atomic E-state index is 14.5. The molecule has 0 spiro atoms. The lowest BCUT2D eigenvalue weighted by Crippen LogP contribution is -2.39. The van der Waals surface area contributed by atoms with Gasteiger partial charge in [0.1, 0.15) is 29.9 Å². The summed E-state index contributed by atoms with van der Waals surface area (Å²) in [5, 5.41) is 16.7. The van der Waals surface area contributed by atoms with Crippen molar-refractivity contribution >= 4 is 34.6 Å². The van der Waals surface area contributed by atoms with Crippen LogP contribution in [0.2, 0.25) is 5.02 Å². The number of rotatable bonds is 11. The Morgan fingerprint density at radius 1 is 1.09 bits per heavy atom. The summed E-state index contributed by atoms with van der Waals surface area (Å²) in [7, 11) is 2.94. The summed E-state index contributed by atoms with van der Waals surface area (Å²) < 4.78 is 54.5. The highest BCUT2D eigenvalue weighted by molar-refractivity contribution is 6.30. The fraction of sp³-hybridized carbons (Fsp3) is 0.355. The van der Waals surface area contributed by atoms with Crippen molar-refractivity contribution in [3.05, 3.63) is 76.3 Å². The first kappa shape index (κ1) is 32.7. The number of carbonyl (C=O) groups excluding carboxylic acids is 1. The number of benzene rings is 3. The molecule has 236 valence electrons. The molecular weight excluding hydrogens is 603 g/mol. The maximum Gasteiger partial charge on any atom is 0.573 e. The van der Waals surface area contributed by atoms with Gasteiger partial charge in [0.05, 0.1) is 32.2 Å². The van der Waals surface area contributed by atoms with Crippen molar-refractivity contribution in [2.24, 2.45) is 5.16 Å². The number of nitrogens with zero attached hydrogens (tertiary/aromatic N) is 2. The minimum atomic E-state index is -4.90. The number of hydrogen-bond acceptors (Lipinski definition) is 8. The normalized spacial score (nSPS) is 15.0. The van der Waals surface area contributed by atoms with Crippen LogP contribution >= 0.6 is 11.6 Å². The Labute approximate surface area is 258 Å². The van der Waals surface area contributed by atoms with Crippen molar-refractivity contribution in [2.75, 3.05) is 44.2 Å². The number of fused-ring (bicyclic) bond motifs is 1. The molecule has 1 aliphatic rings. The number of oxime groups is 1. The van der Waals surface area contributed by atoms with Crippen molar-refractivity contribution in [1.82, 2.24) is 0 Å². The van der Waals surface area contributed by atoms with E-state index in [0.717, 1.165) is 0 Å². The third kappa shape index (κ3) is 7.48. The first-order valence-electron chi connectivity index (χ1n) is 13.5. The van der Waals surface area contributed by atoms with Crippen LogP contribution in [0.1, 0.15) is 43.5 Å². The molecule has 4 rings (SSSR count). The third-order valence-electron chi connectivity index (χ3n) is 7.05. The van der Waals surface area contributed by atoms with Gasteiger partial charge in [-0.15, -0.1) is 13.2 Å². The Morgan fingerprint density at radius 3 is 2.50 bits per heavy atom. The van der Waals surface area contributed by atoms with Crippen LogP contribution in [0.4, 0.5) is 24.5 Å². The Hall–Kier alpha value is -4.16. The van der Waals surface area contributed by atoms with Crippen molar-refractivity contribution in [3.8, 4) is 17.2 Å². The number of aliphatic hydroxyl groups is 1. The zero-order valence-electron chi connectivity index (χ0n) is 24.8. The quantitative estimate of drug-likeness (QED) is 0.142. The molecule has 1 atom stereocenters. The van der Waals surface area contributed by atoms with E-state index in [1.54, 1.807) is 49.4 Å². The average Bonchev–Trinajstić information content (AvgIpc) is 3.24. The van der Waals surface area contributed by atoms with Gasteiger partial charge < -0.3 is 34.4 Å². The number of nitrogens with one attached hydrogen (secondary N) is 1. The number of alkyl halides is 3. The zero-order valence-corrected chi connectivity index (χ0v) is 25.5. The van der Waals surface area contributed by atoms with Gasteiger partial charge in [-0.05, 0) is 42.8 Å². The van der Waals surface area contributed by atoms with Crippen LogP contribution in [0, 0.1) is 0 Å². The molecule has 0 saturated heterocycles. The van der Waals surface area contributed by atoms with E-state index in [-0.39, 0.29) is 19.8 Å².